The highest BCUT2D eigenvalue weighted by molar-refractivity contribution is 6.35. The van der Waals surface area contributed by atoms with Gasteiger partial charge in [-0.05, 0) is 25.1 Å². The van der Waals surface area contributed by atoms with Gasteiger partial charge in [0.05, 0.1) is 23.0 Å². The third-order valence-corrected chi connectivity index (χ3v) is 3.55. The summed E-state index contributed by atoms with van der Waals surface area (Å²) in [6, 6.07) is 5.09. The van der Waals surface area contributed by atoms with Gasteiger partial charge in [-0.15, -0.1) is 0 Å². The number of anilines is 1. The molecule has 3 N–H and O–H groups in total. The van der Waals surface area contributed by atoms with Crippen LogP contribution in [0, 0.1) is 6.92 Å². The van der Waals surface area contributed by atoms with Crippen LogP contribution in [-0.4, -0.2) is 15.2 Å². The number of hydrogen-bond acceptors (Lipinski definition) is 4. The van der Waals surface area contributed by atoms with Gasteiger partial charge in [0.25, 0.3) is 0 Å². The Bertz CT molecular complexity index is 633. The Morgan fingerprint density at radius 1 is 1.30 bits per heavy atom. The number of halogens is 2. The summed E-state index contributed by atoms with van der Waals surface area (Å²) >= 11 is 12.0. The van der Waals surface area contributed by atoms with Crippen molar-refractivity contribution in [1.29, 1.82) is 0 Å². The molecule has 2 rings (SSSR count). The third-order valence-electron chi connectivity index (χ3n) is 2.98. The molecule has 0 aliphatic rings. The summed E-state index contributed by atoms with van der Waals surface area (Å²) in [6.07, 6.45) is 1.55. The molecule has 0 saturated heterocycles. The van der Waals surface area contributed by atoms with Gasteiger partial charge in [-0.2, -0.15) is 0 Å². The molecule has 0 bridgehead atoms. The fourth-order valence-corrected chi connectivity index (χ4v) is 2.19. The van der Waals surface area contributed by atoms with E-state index in [0.29, 0.717) is 39.1 Å². The standard InChI is InChI=1S/C14H14Cl2N2O2/c1-8-14(20)11(9(7-19)5-17-8)6-18-13-4-10(15)2-3-12(13)16/h2-5,18-20H,6-7H2,1H3. The molecular weight excluding hydrogens is 299 g/mol. The minimum absolute atomic E-state index is 0.0715. The molecule has 6 heteroatoms. The van der Waals surface area contributed by atoms with Crippen molar-refractivity contribution in [2.45, 2.75) is 20.1 Å². The minimum atomic E-state index is -0.193. The average molecular weight is 313 g/mol. The number of nitrogens with one attached hydrogen (secondary N) is 1. The maximum atomic E-state index is 10.0. The van der Waals surface area contributed by atoms with Gasteiger partial charge in [0, 0.05) is 28.9 Å². The zero-order chi connectivity index (χ0) is 14.7. The monoisotopic (exact) mass is 312 g/mol. The molecule has 1 aromatic heterocycles. The summed E-state index contributed by atoms with van der Waals surface area (Å²) < 4.78 is 0. The molecule has 1 heterocycles. The van der Waals surface area contributed by atoms with Crippen molar-refractivity contribution >= 4 is 28.9 Å². The van der Waals surface area contributed by atoms with Crippen molar-refractivity contribution in [1.82, 2.24) is 4.98 Å². The summed E-state index contributed by atoms with van der Waals surface area (Å²) in [4.78, 5) is 4.01. The first-order valence-corrected chi connectivity index (χ1v) is 6.74. The van der Waals surface area contributed by atoms with Gasteiger partial charge in [0.15, 0.2) is 0 Å². The van der Waals surface area contributed by atoms with Crippen LogP contribution in [0.4, 0.5) is 5.69 Å². The topological polar surface area (TPSA) is 65.4 Å². The number of aryl methyl sites for hydroxylation is 1. The largest absolute Gasteiger partial charge is 0.506 e. The minimum Gasteiger partial charge on any atom is -0.506 e. The quantitative estimate of drug-likeness (QED) is 0.808. The molecular formula is C14H14Cl2N2O2. The van der Waals surface area contributed by atoms with E-state index in [1.54, 1.807) is 31.3 Å². The molecule has 0 unspecified atom stereocenters. The molecule has 0 spiro atoms. The number of aliphatic hydroxyl groups is 1. The van der Waals surface area contributed by atoms with Crippen molar-refractivity contribution in [3.8, 4) is 5.75 Å². The molecule has 0 atom stereocenters. The van der Waals surface area contributed by atoms with Crippen molar-refractivity contribution < 1.29 is 10.2 Å². The zero-order valence-electron chi connectivity index (χ0n) is 10.8. The molecule has 2 aromatic rings. The second-order valence-corrected chi connectivity index (χ2v) is 5.18. The first-order chi connectivity index (χ1) is 9.52. The Hall–Kier alpha value is -1.49. The van der Waals surface area contributed by atoms with Crippen LogP contribution in [0.3, 0.4) is 0 Å². The Labute approximate surface area is 127 Å². The Balaban J connectivity index is 2.27. The van der Waals surface area contributed by atoms with Crippen molar-refractivity contribution in [2.75, 3.05) is 5.32 Å². The highest BCUT2D eigenvalue weighted by atomic mass is 35.5. The van der Waals surface area contributed by atoms with Gasteiger partial charge >= 0.3 is 0 Å². The number of nitrogens with zero attached hydrogens (tertiary/aromatic N) is 1. The summed E-state index contributed by atoms with van der Waals surface area (Å²) in [5, 5.41) is 23.5. The molecule has 0 amide bonds. The highest BCUT2D eigenvalue weighted by Crippen LogP contribution is 2.28. The van der Waals surface area contributed by atoms with E-state index in [4.69, 9.17) is 23.2 Å². The Kier molecular flexibility index (Phi) is 4.70. The fraction of sp³-hybridized carbons (Fsp3) is 0.214. The average Bonchev–Trinajstić information content (AvgIpc) is 2.44. The van der Waals surface area contributed by atoms with Crippen LogP contribution in [0.2, 0.25) is 10.0 Å². The van der Waals surface area contributed by atoms with Crippen LogP contribution < -0.4 is 5.32 Å². The van der Waals surface area contributed by atoms with E-state index >= 15 is 0 Å². The fourth-order valence-electron chi connectivity index (χ4n) is 1.83. The van der Waals surface area contributed by atoms with E-state index in [2.05, 4.69) is 10.3 Å². The second-order valence-electron chi connectivity index (χ2n) is 4.33. The van der Waals surface area contributed by atoms with Crippen molar-refractivity contribution in [3.05, 3.63) is 51.3 Å². The van der Waals surface area contributed by atoms with Gasteiger partial charge in [-0.25, -0.2) is 0 Å². The van der Waals surface area contributed by atoms with E-state index in [9.17, 15) is 10.2 Å². The number of aromatic hydroxyl groups is 1. The molecule has 4 nitrogen and oxygen atoms in total. The molecule has 1 aromatic carbocycles. The molecule has 0 fully saturated rings. The summed E-state index contributed by atoms with van der Waals surface area (Å²) in [6.45, 7) is 1.82. The molecule has 20 heavy (non-hydrogen) atoms. The maximum Gasteiger partial charge on any atom is 0.142 e. The molecule has 0 saturated carbocycles. The predicted molar refractivity (Wildman–Crippen MR) is 80.4 cm³/mol. The van der Waals surface area contributed by atoms with Crippen LogP contribution >= 0.6 is 23.2 Å². The lowest BCUT2D eigenvalue weighted by Crippen LogP contribution is -2.06. The van der Waals surface area contributed by atoms with Crippen LogP contribution in [0.5, 0.6) is 5.75 Å². The Morgan fingerprint density at radius 2 is 2.05 bits per heavy atom. The third kappa shape index (κ3) is 3.15. The Morgan fingerprint density at radius 3 is 2.75 bits per heavy atom. The number of rotatable bonds is 4. The number of pyridine rings is 1. The van der Waals surface area contributed by atoms with E-state index in [-0.39, 0.29) is 12.4 Å². The van der Waals surface area contributed by atoms with Crippen molar-refractivity contribution in [3.63, 3.8) is 0 Å². The first-order valence-electron chi connectivity index (χ1n) is 5.99. The lowest BCUT2D eigenvalue weighted by atomic mass is 10.1. The normalized spacial score (nSPS) is 10.6. The molecule has 0 aliphatic carbocycles. The lowest BCUT2D eigenvalue weighted by Gasteiger charge is -2.14. The zero-order valence-corrected chi connectivity index (χ0v) is 12.3. The maximum absolute atomic E-state index is 10.0. The predicted octanol–water partition coefficient (Wildman–Crippen LogP) is 3.51. The van der Waals surface area contributed by atoms with E-state index < -0.39 is 0 Å². The number of aliphatic hydroxyl groups excluding tert-OH is 1. The van der Waals surface area contributed by atoms with Gasteiger partial charge in [-0.1, -0.05) is 23.2 Å². The number of benzene rings is 1. The smallest absolute Gasteiger partial charge is 0.142 e. The van der Waals surface area contributed by atoms with Gasteiger partial charge in [-0.3, -0.25) is 4.98 Å². The summed E-state index contributed by atoms with van der Waals surface area (Å²) in [5.74, 6) is 0.0715. The lowest BCUT2D eigenvalue weighted by molar-refractivity contribution is 0.279. The number of hydrogen-bond donors (Lipinski definition) is 3. The van der Waals surface area contributed by atoms with E-state index in [0.717, 1.165) is 0 Å². The van der Waals surface area contributed by atoms with Crippen LogP contribution in [0.25, 0.3) is 0 Å². The second kappa shape index (κ2) is 6.31. The van der Waals surface area contributed by atoms with E-state index in [1.807, 2.05) is 0 Å². The summed E-state index contributed by atoms with van der Waals surface area (Å²) in [5.41, 5.74) is 2.34. The number of aromatic nitrogens is 1. The molecule has 106 valence electrons. The summed E-state index contributed by atoms with van der Waals surface area (Å²) in [7, 11) is 0. The highest BCUT2D eigenvalue weighted by Gasteiger charge is 2.11. The first kappa shape index (κ1) is 14.9. The van der Waals surface area contributed by atoms with Crippen LogP contribution in [0.1, 0.15) is 16.8 Å². The van der Waals surface area contributed by atoms with E-state index in [1.165, 1.54) is 0 Å². The van der Waals surface area contributed by atoms with Crippen LogP contribution in [0.15, 0.2) is 24.4 Å². The SMILES string of the molecule is Cc1ncc(CO)c(CNc2cc(Cl)ccc2Cl)c1O. The van der Waals surface area contributed by atoms with Gasteiger partial charge < -0.3 is 15.5 Å². The van der Waals surface area contributed by atoms with Gasteiger partial charge in [0.1, 0.15) is 5.75 Å². The van der Waals surface area contributed by atoms with Crippen molar-refractivity contribution in [2.24, 2.45) is 0 Å². The molecule has 0 radical (unpaired) electrons. The van der Waals surface area contributed by atoms with Crippen LogP contribution in [-0.2, 0) is 13.2 Å². The van der Waals surface area contributed by atoms with Gasteiger partial charge in [0.2, 0.25) is 0 Å². The molecule has 0 aliphatic heterocycles.